The fraction of sp³-hybridized carbons (Fsp3) is 0.349. The number of rotatable bonds is 8. The molecular weight excluding hydrogens is 739 g/mol. The summed E-state index contributed by atoms with van der Waals surface area (Å²) in [5.74, 6) is 0.425. The van der Waals surface area contributed by atoms with Crippen LogP contribution in [0, 0.1) is 0 Å². The number of ether oxygens (including phenoxy) is 1. The molecule has 4 aliphatic rings. The zero-order valence-electron chi connectivity index (χ0n) is 30.2. The molecule has 0 atom stereocenters. The molecule has 4 aromatic rings. The number of carbonyl (C=O) groups is 4. The molecule has 0 radical (unpaired) electrons. The molecular formula is C43H50Cl2N4O6. The van der Waals surface area contributed by atoms with Crippen LogP contribution in [0.1, 0.15) is 87.4 Å². The molecule has 2 saturated heterocycles. The Labute approximate surface area is 335 Å². The lowest BCUT2D eigenvalue weighted by molar-refractivity contribution is 0.0910. The summed E-state index contributed by atoms with van der Waals surface area (Å²) in [6, 6.07) is 26.8. The van der Waals surface area contributed by atoms with Crippen molar-refractivity contribution in [1.82, 2.24) is 9.80 Å². The van der Waals surface area contributed by atoms with Gasteiger partial charge >= 0.3 is 0 Å². The first-order valence-corrected chi connectivity index (χ1v) is 18.9. The summed E-state index contributed by atoms with van der Waals surface area (Å²) in [6.45, 7) is 7.51. The average molecular weight is 790 g/mol. The molecule has 10 nitrogen and oxygen atoms in total. The summed E-state index contributed by atoms with van der Waals surface area (Å²) >= 11 is 5.59. The van der Waals surface area contributed by atoms with Crippen LogP contribution in [-0.2, 0) is 0 Å². The molecule has 12 heteroatoms. The van der Waals surface area contributed by atoms with E-state index in [0.717, 1.165) is 42.7 Å². The Morgan fingerprint density at radius 1 is 0.527 bits per heavy atom. The topological polar surface area (TPSA) is 111 Å². The van der Waals surface area contributed by atoms with Crippen molar-refractivity contribution in [3.05, 3.63) is 119 Å². The van der Waals surface area contributed by atoms with E-state index in [1.165, 1.54) is 80.8 Å². The summed E-state index contributed by atoms with van der Waals surface area (Å²) < 4.78 is 5.81. The maximum atomic E-state index is 12.5. The number of carbonyl (C=O) groups excluding carboxylic acids is 4. The summed E-state index contributed by atoms with van der Waals surface area (Å²) in [6.07, 6.45) is 8.03. The van der Waals surface area contributed by atoms with E-state index >= 15 is 0 Å². The highest BCUT2D eigenvalue weighted by molar-refractivity contribution is 6.35. The van der Waals surface area contributed by atoms with Crippen molar-refractivity contribution in [2.24, 2.45) is 0 Å². The Bertz CT molecular complexity index is 1820. The number of alkyl halides is 1. The van der Waals surface area contributed by atoms with E-state index in [1.807, 2.05) is 12.1 Å². The number of benzene rings is 4. The molecule has 0 spiro atoms. The van der Waals surface area contributed by atoms with E-state index in [9.17, 15) is 24.3 Å². The summed E-state index contributed by atoms with van der Waals surface area (Å²) in [4.78, 5) is 56.5. The third-order valence-corrected chi connectivity index (χ3v) is 9.93. The Morgan fingerprint density at radius 3 is 1.27 bits per heavy atom. The van der Waals surface area contributed by atoms with Gasteiger partial charge in [0.2, 0.25) is 0 Å². The van der Waals surface area contributed by atoms with E-state index in [2.05, 4.69) is 9.80 Å². The van der Waals surface area contributed by atoms with Crippen molar-refractivity contribution in [1.29, 1.82) is 0 Å². The van der Waals surface area contributed by atoms with Crippen molar-refractivity contribution in [3.63, 3.8) is 0 Å². The number of aromatic hydroxyl groups is 1. The maximum absolute atomic E-state index is 12.5. The van der Waals surface area contributed by atoms with Gasteiger partial charge in [0.15, 0.2) is 0 Å². The molecule has 8 rings (SSSR count). The summed E-state index contributed by atoms with van der Waals surface area (Å²) in [7, 11) is 0. The zero-order chi connectivity index (χ0) is 37.2. The Kier molecular flexibility index (Phi) is 16.3. The summed E-state index contributed by atoms with van der Waals surface area (Å²) in [5.41, 5.74) is 2.77. The minimum Gasteiger partial charge on any atom is -0.508 e. The van der Waals surface area contributed by atoms with Gasteiger partial charge in [-0.05, 0) is 125 Å². The van der Waals surface area contributed by atoms with E-state index in [1.54, 1.807) is 60.7 Å². The van der Waals surface area contributed by atoms with Crippen molar-refractivity contribution in [3.8, 4) is 11.5 Å². The SMILES string of the molecule is C.Cl.ClCCN1CCCCC1.O=C1c2ccccc2C(=O)N1c1ccc(O)cc1.O=C1c2ccccc2C(=O)N1c1ccc(OCCN2CCCCC2)cc1. The molecule has 2 fully saturated rings. The van der Waals surface area contributed by atoms with Gasteiger partial charge in [0, 0.05) is 19.0 Å². The molecule has 0 bridgehead atoms. The second kappa shape index (κ2) is 20.8. The fourth-order valence-corrected chi connectivity index (χ4v) is 7.16. The van der Waals surface area contributed by atoms with Crippen molar-refractivity contribution < 1.29 is 29.0 Å². The minimum absolute atomic E-state index is 0. The van der Waals surface area contributed by atoms with Crippen LogP contribution < -0.4 is 14.5 Å². The smallest absolute Gasteiger partial charge is 0.266 e. The van der Waals surface area contributed by atoms with E-state index in [-0.39, 0.29) is 49.2 Å². The minimum atomic E-state index is -0.332. The highest BCUT2D eigenvalue weighted by Crippen LogP contribution is 2.30. The van der Waals surface area contributed by atoms with E-state index < -0.39 is 0 Å². The normalized spacial score (nSPS) is 16.5. The predicted molar refractivity (Wildman–Crippen MR) is 220 cm³/mol. The number of hydrogen-bond acceptors (Lipinski definition) is 8. The first-order chi connectivity index (χ1) is 25.9. The van der Waals surface area contributed by atoms with Gasteiger partial charge in [-0.1, -0.05) is 44.5 Å². The molecule has 55 heavy (non-hydrogen) atoms. The molecule has 292 valence electrons. The van der Waals surface area contributed by atoms with Gasteiger partial charge in [-0.15, -0.1) is 24.0 Å². The molecule has 4 heterocycles. The van der Waals surface area contributed by atoms with Crippen LogP contribution in [0.25, 0.3) is 0 Å². The molecule has 4 amide bonds. The highest BCUT2D eigenvalue weighted by Gasteiger charge is 2.37. The maximum Gasteiger partial charge on any atom is 0.266 e. The number of imide groups is 2. The van der Waals surface area contributed by atoms with Crippen molar-refractivity contribution in [2.75, 3.05) is 61.6 Å². The third-order valence-electron chi connectivity index (χ3n) is 9.77. The average Bonchev–Trinajstić information content (AvgIpc) is 3.61. The van der Waals surface area contributed by atoms with Crippen LogP contribution in [0.15, 0.2) is 97.1 Å². The van der Waals surface area contributed by atoms with Crippen molar-refractivity contribution >= 4 is 59.0 Å². The molecule has 1 N–H and O–H groups in total. The molecule has 0 unspecified atom stereocenters. The number of piperidine rings is 2. The van der Waals surface area contributed by atoms with Crippen LogP contribution in [0.4, 0.5) is 11.4 Å². The van der Waals surface area contributed by atoms with Crippen LogP contribution in [0.2, 0.25) is 0 Å². The van der Waals surface area contributed by atoms with Crippen LogP contribution >= 0.6 is 24.0 Å². The second-order valence-corrected chi connectivity index (χ2v) is 13.7. The number of amides is 4. The first-order valence-electron chi connectivity index (χ1n) is 18.3. The van der Waals surface area contributed by atoms with Crippen LogP contribution in [0.5, 0.6) is 11.5 Å². The standard InChI is InChI=1S/C21H22N2O3.C14H9NO3.C7H14ClN.CH4.ClH/c24-20-18-6-2-3-7-19(18)21(25)23(20)16-8-10-17(11-9-16)26-15-14-22-12-4-1-5-13-22;16-10-7-5-9(6-8-10)15-13(17)11-3-1-2-4-12(11)14(15)18;8-4-7-9-5-2-1-3-6-9;;/h2-3,6-11H,1,4-5,12-15H2;1-8,16H;1-7H2;1H4;1H. The van der Waals surface area contributed by atoms with Gasteiger partial charge in [-0.3, -0.25) is 24.1 Å². The number of anilines is 2. The van der Waals surface area contributed by atoms with Gasteiger partial charge in [-0.2, -0.15) is 0 Å². The molecule has 0 saturated carbocycles. The van der Waals surface area contributed by atoms with Gasteiger partial charge < -0.3 is 14.7 Å². The Morgan fingerprint density at radius 2 is 0.891 bits per heavy atom. The summed E-state index contributed by atoms with van der Waals surface area (Å²) in [5, 5.41) is 9.22. The lowest BCUT2D eigenvalue weighted by Crippen LogP contribution is -2.33. The van der Waals surface area contributed by atoms with E-state index in [0.29, 0.717) is 40.2 Å². The predicted octanol–water partition coefficient (Wildman–Crippen LogP) is 8.31. The zero-order valence-corrected chi connectivity index (χ0v) is 31.8. The lowest BCUT2D eigenvalue weighted by Gasteiger charge is -2.26. The first kappa shape index (κ1) is 43.0. The number of phenols is 1. The van der Waals surface area contributed by atoms with Gasteiger partial charge in [-0.25, -0.2) is 9.80 Å². The molecule has 0 aliphatic carbocycles. The van der Waals surface area contributed by atoms with Crippen molar-refractivity contribution in [2.45, 2.75) is 46.0 Å². The van der Waals surface area contributed by atoms with Gasteiger partial charge in [0.25, 0.3) is 23.6 Å². The lowest BCUT2D eigenvalue weighted by atomic mass is 10.1. The second-order valence-electron chi connectivity index (χ2n) is 13.3. The van der Waals surface area contributed by atoms with E-state index in [4.69, 9.17) is 16.3 Å². The molecule has 0 aromatic heterocycles. The number of nitrogens with zero attached hydrogens (tertiary/aromatic N) is 4. The van der Waals surface area contributed by atoms with Gasteiger partial charge in [0.1, 0.15) is 18.1 Å². The van der Waals surface area contributed by atoms with Crippen LogP contribution in [-0.4, -0.2) is 90.3 Å². The monoisotopic (exact) mass is 788 g/mol. The van der Waals surface area contributed by atoms with Crippen LogP contribution in [0.3, 0.4) is 0 Å². The highest BCUT2D eigenvalue weighted by atomic mass is 35.5. The Hall–Kier alpha value is -4.74. The number of hydrogen-bond donors (Lipinski definition) is 1. The molecule has 4 aliphatic heterocycles. The number of likely N-dealkylation sites (tertiary alicyclic amines) is 2. The number of phenolic OH excluding ortho intramolecular Hbond substituents is 1. The molecule has 4 aromatic carbocycles. The largest absolute Gasteiger partial charge is 0.508 e. The fourth-order valence-electron chi connectivity index (χ4n) is 6.92. The Balaban J connectivity index is 0.000000201. The third kappa shape index (κ3) is 10.5. The number of halogens is 2. The van der Waals surface area contributed by atoms with Gasteiger partial charge in [0.05, 0.1) is 33.6 Å². The quantitative estimate of drug-likeness (QED) is 0.140. The number of fused-ring (bicyclic) bond motifs is 2.